The molecule has 62 heavy (non-hydrogen) atoms. The summed E-state index contributed by atoms with van der Waals surface area (Å²) in [6.07, 6.45) is 0. The van der Waals surface area contributed by atoms with Gasteiger partial charge in [-0.25, -0.2) is 0 Å². The molecule has 0 aliphatic heterocycles. The van der Waals surface area contributed by atoms with Crippen molar-refractivity contribution >= 4 is 80.9 Å². The number of benzene rings is 11. The van der Waals surface area contributed by atoms with Gasteiger partial charge in [0.15, 0.2) is 0 Å². The van der Waals surface area contributed by atoms with Gasteiger partial charge in [-0.3, -0.25) is 0 Å². The van der Waals surface area contributed by atoms with Gasteiger partial charge in [-0.15, -0.1) is 11.3 Å². The fraction of sp³-hybridized carbons (Fsp3) is 0. The zero-order valence-corrected chi connectivity index (χ0v) is 34.7. The molecule has 12 aromatic rings. The molecular formula is C60H39NS. The van der Waals surface area contributed by atoms with Crippen molar-refractivity contribution in [1.82, 2.24) is 0 Å². The highest BCUT2D eigenvalue weighted by Gasteiger charge is 2.19. The lowest BCUT2D eigenvalue weighted by Gasteiger charge is -2.28. The van der Waals surface area contributed by atoms with E-state index in [0.717, 1.165) is 17.1 Å². The summed E-state index contributed by atoms with van der Waals surface area (Å²) >= 11 is 1.90. The maximum absolute atomic E-state index is 2.42. The monoisotopic (exact) mass is 805 g/mol. The van der Waals surface area contributed by atoms with Crippen molar-refractivity contribution in [2.24, 2.45) is 0 Å². The predicted octanol–water partition coefficient (Wildman–Crippen LogP) is 17.7. The lowest BCUT2D eigenvalue weighted by molar-refractivity contribution is 1.30. The molecule has 11 aromatic carbocycles. The number of hydrogen-bond acceptors (Lipinski definition) is 2. The Hall–Kier alpha value is -7.78. The van der Waals surface area contributed by atoms with Crippen molar-refractivity contribution in [2.45, 2.75) is 0 Å². The van der Waals surface area contributed by atoms with Crippen LogP contribution in [0.1, 0.15) is 0 Å². The van der Waals surface area contributed by atoms with Crippen LogP contribution >= 0.6 is 11.3 Å². The predicted molar refractivity (Wildman–Crippen MR) is 268 cm³/mol. The normalized spacial score (nSPS) is 11.5. The van der Waals surface area contributed by atoms with Crippen LogP contribution in [0.4, 0.5) is 17.1 Å². The minimum atomic E-state index is 1.10. The van der Waals surface area contributed by atoms with Gasteiger partial charge in [0.05, 0.1) is 5.69 Å². The molecule has 0 fully saturated rings. The molecule has 0 N–H and O–H groups in total. The minimum absolute atomic E-state index is 1.10. The number of anilines is 3. The van der Waals surface area contributed by atoms with Crippen LogP contribution in [0.25, 0.3) is 97.0 Å². The largest absolute Gasteiger partial charge is 0.310 e. The lowest BCUT2D eigenvalue weighted by atomic mass is 9.96. The highest BCUT2D eigenvalue weighted by Crippen LogP contribution is 2.46. The molecule has 0 atom stereocenters. The van der Waals surface area contributed by atoms with Gasteiger partial charge >= 0.3 is 0 Å². The van der Waals surface area contributed by atoms with Crippen LogP contribution in [-0.2, 0) is 0 Å². The van der Waals surface area contributed by atoms with E-state index in [9.17, 15) is 0 Å². The summed E-state index contributed by atoms with van der Waals surface area (Å²) in [5.74, 6) is 0. The Bertz CT molecular complexity index is 3610. The Kier molecular flexibility index (Phi) is 8.76. The molecule has 1 nitrogen and oxygen atoms in total. The van der Waals surface area contributed by atoms with E-state index in [4.69, 9.17) is 0 Å². The molecule has 0 aliphatic carbocycles. The van der Waals surface area contributed by atoms with Crippen LogP contribution in [0.15, 0.2) is 237 Å². The highest BCUT2D eigenvalue weighted by atomic mass is 32.1. The van der Waals surface area contributed by atoms with E-state index in [2.05, 4.69) is 241 Å². The van der Waals surface area contributed by atoms with Gasteiger partial charge in [0, 0.05) is 36.9 Å². The van der Waals surface area contributed by atoms with Crippen molar-refractivity contribution in [2.75, 3.05) is 4.90 Å². The SMILES string of the molecule is c1ccc(-c2cccc3c2sc2c(-c4cccc(-c5ccc(N(c6ccc(-c7cccc8ccccc78)cc6)c6cc7ccccc7c7ccccc67)cc5)c4)cccc23)cc1. The third kappa shape index (κ3) is 6.15. The second-order valence-electron chi connectivity index (χ2n) is 16.0. The Morgan fingerprint density at radius 3 is 1.45 bits per heavy atom. The van der Waals surface area contributed by atoms with Crippen molar-refractivity contribution in [3.8, 4) is 44.5 Å². The number of fused-ring (bicyclic) bond motifs is 7. The molecule has 290 valence electrons. The fourth-order valence-electron chi connectivity index (χ4n) is 9.48. The van der Waals surface area contributed by atoms with Crippen molar-refractivity contribution in [3.63, 3.8) is 0 Å². The lowest BCUT2D eigenvalue weighted by Crippen LogP contribution is -2.10. The second-order valence-corrected chi connectivity index (χ2v) is 17.1. The maximum Gasteiger partial charge on any atom is 0.0546 e. The topological polar surface area (TPSA) is 3.24 Å². The minimum Gasteiger partial charge on any atom is -0.310 e. The highest BCUT2D eigenvalue weighted by molar-refractivity contribution is 7.26. The zero-order chi connectivity index (χ0) is 41.0. The summed E-state index contributed by atoms with van der Waals surface area (Å²) in [5, 5.41) is 10.1. The van der Waals surface area contributed by atoms with E-state index in [1.54, 1.807) is 0 Å². The Morgan fingerprint density at radius 1 is 0.258 bits per heavy atom. The summed E-state index contributed by atoms with van der Waals surface area (Å²) < 4.78 is 2.66. The van der Waals surface area contributed by atoms with Gasteiger partial charge in [0.1, 0.15) is 0 Å². The van der Waals surface area contributed by atoms with E-state index in [-0.39, 0.29) is 0 Å². The number of nitrogens with zero attached hydrogens (tertiary/aromatic N) is 1. The van der Waals surface area contributed by atoms with Crippen LogP contribution < -0.4 is 4.90 Å². The standard InChI is InChI=1S/C60H39NS/c1-2-14-42(15-3-1)52-26-12-28-56-57-29-13-27-53(60(57)62-59(52)56)45-20-10-19-44(38-45)40-30-34-47(35-31-40)61(58-39-46-17-5-7-22-51(46)54-23-8-9-24-55(54)58)48-36-32-43(33-37-48)50-25-11-18-41-16-4-6-21-49(41)50/h1-39H. The van der Waals surface area contributed by atoms with Crippen LogP contribution in [0.3, 0.4) is 0 Å². The quantitative estimate of drug-likeness (QED) is 0.145. The Labute approximate surface area is 365 Å². The molecule has 0 aliphatic rings. The third-order valence-corrected chi connectivity index (χ3v) is 13.7. The van der Waals surface area contributed by atoms with Gasteiger partial charge in [-0.05, 0) is 108 Å². The van der Waals surface area contributed by atoms with E-state index in [0.29, 0.717) is 0 Å². The molecule has 2 heteroatoms. The van der Waals surface area contributed by atoms with Gasteiger partial charge < -0.3 is 4.90 Å². The van der Waals surface area contributed by atoms with Crippen molar-refractivity contribution in [1.29, 1.82) is 0 Å². The number of thiophene rings is 1. The van der Waals surface area contributed by atoms with E-state index >= 15 is 0 Å². The molecule has 0 spiro atoms. The first kappa shape index (κ1) is 36.1. The molecule has 0 bridgehead atoms. The zero-order valence-electron chi connectivity index (χ0n) is 33.9. The first-order chi connectivity index (χ1) is 30.7. The summed E-state index contributed by atoms with van der Waals surface area (Å²) in [6, 6.07) is 86.6. The van der Waals surface area contributed by atoms with Crippen molar-refractivity contribution in [3.05, 3.63) is 237 Å². The van der Waals surface area contributed by atoms with Crippen LogP contribution in [0.2, 0.25) is 0 Å². The number of hydrogen-bond donors (Lipinski definition) is 0. The van der Waals surface area contributed by atoms with Gasteiger partial charge in [0.2, 0.25) is 0 Å². The second kappa shape index (κ2) is 15.0. The summed E-state index contributed by atoms with van der Waals surface area (Å²) in [4.78, 5) is 2.42. The molecule has 0 amide bonds. The van der Waals surface area contributed by atoms with Gasteiger partial charge in [-0.1, -0.05) is 200 Å². The molecule has 0 saturated carbocycles. The first-order valence-corrected chi connectivity index (χ1v) is 22.1. The van der Waals surface area contributed by atoms with E-state index < -0.39 is 0 Å². The van der Waals surface area contributed by atoms with Gasteiger partial charge in [-0.2, -0.15) is 0 Å². The maximum atomic E-state index is 2.42. The Balaban J connectivity index is 0.955. The van der Waals surface area contributed by atoms with Crippen LogP contribution in [0.5, 0.6) is 0 Å². The summed E-state index contributed by atoms with van der Waals surface area (Å²) in [7, 11) is 0. The average Bonchev–Trinajstić information content (AvgIpc) is 3.74. The number of rotatable bonds is 7. The van der Waals surface area contributed by atoms with E-state index in [1.807, 2.05) is 11.3 Å². The molecule has 1 aromatic heterocycles. The molecule has 1 heterocycles. The Morgan fingerprint density at radius 2 is 0.726 bits per heavy atom. The summed E-state index contributed by atoms with van der Waals surface area (Å²) in [5.41, 5.74) is 13.2. The average molecular weight is 806 g/mol. The molecule has 0 saturated heterocycles. The molecule has 12 rings (SSSR count). The molecule has 0 unspecified atom stereocenters. The molecular weight excluding hydrogens is 767 g/mol. The smallest absolute Gasteiger partial charge is 0.0546 e. The van der Waals surface area contributed by atoms with Crippen molar-refractivity contribution < 1.29 is 0 Å². The summed E-state index contributed by atoms with van der Waals surface area (Å²) in [6.45, 7) is 0. The van der Waals surface area contributed by atoms with Crippen LogP contribution in [0, 0.1) is 0 Å². The third-order valence-electron chi connectivity index (χ3n) is 12.5. The van der Waals surface area contributed by atoms with Crippen LogP contribution in [-0.4, -0.2) is 0 Å². The molecule has 0 radical (unpaired) electrons. The van der Waals surface area contributed by atoms with E-state index in [1.165, 1.54) is 97.0 Å². The van der Waals surface area contributed by atoms with Gasteiger partial charge in [0.25, 0.3) is 0 Å². The fourth-order valence-corrected chi connectivity index (χ4v) is 10.8. The first-order valence-electron chi connectivity index (χ1n) is 21.2.